The zero-order chi connectivity index (χ0) is 20.2. The van der Waals surface area contributed by atoms with Crippen LogP contribution in [0.4, 0.5) is 0 Å². The summed E-state index contributed by atoms with van der Waals surface area (Å²) in [5, 5.41) is 4.39. The molecule has 0 bridgehead atoms. The lowest BCUT2D eigenvalue weighted by Crippen LogP contribution is -2.23. The molecule has 0 radical (unpaired) electrons. The third-order valence-corrected chi connectivity index (χ3v) is 5.45. The van der Waals surface area contributed by atoms with E-state index in [-0.39, 0.29) is 5.56 Å². The average molecular weight is 407 g/mol. The summed E-state index contributed by atoms with van der Waals surface area (Å²) in [7, 11) is 1.62. The van der Waals surface area contributed by atoms with Crippen molar-refractivity contribution in [2.45, 2.75) is 19.8 Å². The Bertz CT molecular complexity index is 1230. The Balaban J connectivity index is 1.68. The Labute approximate surface area is 172 Å². The maximum atomic E-state index is 12.8. The molecular formula is C22H21N3O3S. The minimum Gasteiger partial charge on any atom is -0.497 e. The summed E-state index contributed by atoms with van der Waals surface area (Å²) in [5.74, 6) is 2.06. The van der Waals surface area contributed by atoms with Crippen LogP contribution in [0.5, 0.6) is 11.5 Å². The fraction of sp³-hybridized carbons (Fsp3) is 0.227. The van der Waals surface area contributed by atoms with E-state index >= 15 is 0 Å². The summed E-state index contributed by atoms with van der Waals surface area (Å²) in [6.07, 6.45) is 3.91. The Hall–Kier alpha value is -3.19. The van der Waals surface area contributed by atoms with Crippen LogP contribution in [-0.2, 0) is 0 Å². The van der Waals surface area contributed by atoms with Gasteiger partial charge in [-0.1, -0.05) is 42.9 Å². The van der Waals surface area contributed by atoms with Crippen LogP contribution in [0, 0.1) is 0 Å². The highest BCUT2D eigenvalue weighted by Crippen LogP contribution is 2.21. The molecule has 2 heterocycles. The molecule has 2 aromatic heterocycles. The van der Waals surface area contributed by atoms with Crippen molar-refractivity contribution in [3.8, 4) is 22.9 Å². The van der Waals surface area contributed by atoms with E-state index in [1.807, 2.05) is 54.6 Å². The standard InChI is InChI=1S/C22H21N3O3S/c1-3-4-13-28-18-8-6-5-7-16(18)14-19-21(26)25-22(29-19)23-20(24-25)15-9-11-17(27-2)12-10-15/h5-12,14H,3-4,13H2,1-2H3/b19-14-. The number of fused-ring (bicyclic) bond motifs is 1. The third kappa shape index (κ3) is 4.00. The second kappa shape index (κ2) is 8.45. The Morgan fingerprint density at radius 1 is 1.14 bits per heavy atom. The van der Waals surface area contributed by atoms with Gasteiger partial charge in [-0.15, -0.1) is 5.10 Å². The summed E-state index contributed by atoms with van der Waals surface area (Å²) in [5.41, 5.74) is 1.53. The normalized spacial score (nSPS) is 11.9. The number of ether oxygens (including phenoxy) is 2. The number of hydrogen-bond acceptors (Lipinski definition) is 6. The van der Waals surface area contributed by atoms with Gasteiger partial charge in [-0.05, 0) is 42.8 Å². The van der Waals surface area contributed by atoms with Gasteiger partial charge in [-0.2, -0.15) is 9.50 Å². The second-order valence-corrected chi connectivity index (χ2v) is 7.52. The fourth-order valence-electron chi connectivity index (χ4n) is 2.90. The molecule has 0 unspecified atom stereocenters. The molecule has 0 atom stereocenters. The van der Waals surface area contributed by atoms with Gasteiger partial charge < -0.3 is 9.47 Å². The molecule has 0 fully saturated rings. The van der Waals surface area contributed by atoms with Gasteiger partial charge >= 0.3 is 0 Å². The highest BCUT2D eigenvalue weighted by atomic mass is 32.1. The minimum atomic E-state index is -0.180. The van der Waals surface area contributed by atoms with Crippen molar-refractivity contribution in [1.29, 1.82) is 0 Å². The molecule has 0 amide bonds. The van der Waals surface area contributed by atoms with Gasteiger partial charge in [0.1, 0.15) is 11.5 Å². The number of nitrogens with zero attached hydrogens (tertiary/aromatic N) is 3. The second-order valence-electron chi connectivity index (χ2n) is 6.51. The molecule has 0 saturated heterocycles. The third-order valence-electron chi connectivity index (χ3n) is 4.49. The Morgan fingerprint density at radius 2 is 1.93 bits per heavy atom. The first-order valence-electron chi connectivity index (χ1n) is 9.47. The van der Waals surface area contributed by atoms with Gasteiger partial charge in [-0.3, -0.25) is 4.79 Å². The van der Waals surface area contributed by atoms with Crippen molar-refractivity contribution < 1.29 is 9.47 Å². The van der Waals surface area contributed by atoms with Gasteiger partial charge in [0.15, 0.2) is 5.82 Å². The van der Waals surface area contributed by atoms with E-state index in [2.05, 4.69) is 17.0 Å². The molecule has 4 rings (SSSR count). The van der Waals surface area contributed by atoms with Crippen molar-refractivity contribution in [2.75, 3.05) is 13.7 Å². The maximum Gasteiger partial charge on any atom is 0.291 e. The predicted molar refractivity (Wildman–Crippen MR) is 115 cm³/mol. The number of hydrogen-bond donors (Lipinski definition) is 0. The molecule has 7 heteroatoms. The van der Waals surface area contributed by atoms with Gasteiger partial charge in [0, 0.05) is 11.1 Å². The number of para-hydroxylation sites is 1. The zero-order valence-corrected chi connectivity index (χ0v) is 17.1. The number of methoxy groups -OCH3 is 1. The van der Waals surface area contributed by atoms with Crippen LogP contribution in [0.25, 0.3) is 22.4 Å². The summed E-state index contributed by atoms with van der Waals surface area (Å²) in [4.78, 5) is 17.9. The minimum absolute atomic E-state index is 0.180. The van der Waals surface area contributed by atoms with E-state index < -0.39 is 0 Å². The van der Waals surface area contributed by atoms with Crippen LogP contribution in [0.15, 0.2) is 53.3 Å². The Kier molecular flexibility index (Phi) is 5.57. The molecule has 0 spiro atoms. The number of aromatic nitrogens is 3. The molecule has 6 nitrogen and oxygen atoms in total. The lowest BCUT2D eigenvalue weighted by atomic mass is 10.2. The highest BCUT2D eigenvalue weighted by Gasteiger charge is 2.12. The molecule has 0 aliphatic heterocycles. The van der Waals surface area contributed by atoms with E-state index in [1.165, 1.54) is 15.9 Å². The monoisotopic (exact) mass is 407 g/mol. The van der Waals surface area contributed by atoms with E-state index in [0.29, 0.717) is 21.9 Å². The average Bonchev–Trinajstić information content (AvgIpc) is 3.29. The Morgan fingerprint density at radius 3 is 2.66 bits per heavy atom. The smallest absolute Gasteiger partial charge is 0.291 e. The number of thiazole rings is 1. The van der Waals surface area contributed by atoms with Crippen LogP contribution >= 0.6 is 11.3 Å². The van der Waals surface area contributed by atoms with Gasteiger partial charge in [0.2, 0.25) is 4.96 Å². The molecule has 4 aromatic rings. The summed E-state index contributed by atoms with van der Waals surface area (Å²) >= 11 is 1.32. The first-order valence-corrected chi connectivity index (χ1v) is 10.3. The fourth-order valence-corrected chi connectivity index (χ4v) is 3.79. The van der Waals surface area contributed by atoms with Crippen molar-refractivity contribution in [1.82, 2.24) is 14.6 Å². The van der Waals surface area contributed by atoms with Gasteiger partial charge in [-0.25, -0.2) is 0 Å². The van der Waals surface area contributed by atoms with Crippen LogP contribution in [0.3, 0.4) is 0 Å². The van der Waals surface area contributed by atoms with E-state index in [1.54, 1.807) is 7.11 Å². The van der Waals surface area contributed by atoms with Gasteiger partial charge in [0.05, 0.1) is 18.2 Å². The number of benzene rings is 2. The molecule has 148 valence electrons. The molecule has 2 aromatic carbocycles. The number of unbranched alkanes of at least 4 members (excludes halogenated alkanes) is 1. The van der Waals surface area contributed by atoms with Crippen molar-refractivity contribution in [3.05, 3.63) is 69.0 Å². The topological polar surface area (TPSA) is 65.7 Å². The van der Waals surface area contributed by atoms with Crippen LogP contribution < -0.4 is 19.6 Å². The molecule has 0 aliphatic carbocycles. The first-order chi connectivity index (χ1) is 14.2. The van der Waals surface area contributed by atoms with E-state index in [9.17, 15) is 4.79 Å². The highest BCUT2D eigenvalue weighted by molar-refractivity contribution is 7.15. The number of rotatable bonds is 7. The van der Waals surface area contributed by atoms with Crippen LogP contribution in [0.2, 0.25) is 0 Å². The van der Waals surface area contributed by atoms with E-state index in [4.69, 9.17) is 9.47 Å². The van der Waals surface area contributed by atoms with Crippen molar-refractivity contribution >= 4 is 22.4 Å². The zero-order valence-electron chi connectivity index (χ0n) is 16.3. The largest absolute Gasteiger partial charge is 0.497 e. The predicted octanol–water partition coefficient (Wildman–Crippen LogP) is 3.55. The first kappa shape index (κ1) is 19.1. The van der Waals surface area contributed by atoms with Crippen molar-refractivity contribution in [3.63, 3.8) is 0 Å². The van der Waals surface area contributed by atoms with E-state index in [0.717, 1.165) is 35.5 Å². The lowest BCUT2D eigenvalue weighted by molar-refractivity contribution is 0.309. The maximum absolute atomic E-state index is 12.8. The molecule has 0 aliphatic rings. The summed E-state index contributed by atoms with van der Waals surface area (Å²) < 4.78 is 13.0. The van der Waals surface area contributed by atoms with Crippen molar-refractivity contribution in [2.24, 2.45) is 0 Å². The molecule has 0 N–H and O–H groups in total. The molecular weight excluding hydrogens is 386 g/mol. The van der Waals surface area contributed by atoms with Crippen LogP contribution in [-0.4, -0.2) is 28.3 Å². The molecule has 0 saturated carbocycles. The summed E-state index contributed by atoms with van der Waals surface area (Å²) in [6.45, 7) is 2.78. The molecule has 29 heavy (non-hydrogen) atoms. The van der Waals surface area contributed by atoms with Gasteiger partial charge in [0.25, 0.3) is 5.56 Å². The SMILES string of the molecule is CCCCOc1ccccc1/C=c1\sc2nc(-c3ccc(OC)cc3)nn2c1=O. The van der Waals surface area contributed by atoms with Crippen LogP contribution in [0.1, 0.15) is 25.3 Å². The quantitative estimate of drug-likeness (QED) is 0.438. The lowest BCUT2D eigenvalue weighted by Gasteiger charge is -2.07. The summed E-state index contributed by atoms with van der Waals surface area (Å²) in [6, 6.07) is 15.2.